The molecule has 0 N–H and O–H groups in total. The number of rotatable bonds is 1. The van der Waals surface area contributed by atoms with Crippen LogP contribution in [0.25, 0.3) is 11.5 Å². The summed E-state index contributed by atoms with van der Waals surface area (Å²) >= 11 is 8.30. The Morgan fingerprint density at radius 1 is 1.20 bits per heavy atom. The van der Waals surface area contributed by atoms with Crippen molar-refractivity contribution < 1.29 is 13.2 Å². The third-order valence-corrected chi connectivity index (χ3v) is 2.23. The molecule has 0 fully saturated rings. The molecule has 15 heavy (non-hydrogen) atoms. The number of aromatic nitrogens is 2. The van der Waals surface area contributed by atoms with Gasteiger partial charge in [0.05, 0.1) is 0 Å². The van der Waals surface area contributed by atoms with E-state index in [1.54, 1.807) is 0 Å². The van der Waals surface area contributed by atoms with E-state index in [1.165, 1.54) is 0 Å². The van der Waals surface area contributed by atoms with E-state index in [0.717, 1.165) is 12.1 Å². The molecule has 0 aliphatic rings. The normalized spacial score (nSPS) is 10.7. The van der Waals surface area contributed by atoms with Gasteiger partial charge < -0.3 is 4.42 Å². The van der Waals surface area contributed by atoms with Gasteiger partial charge in [-0.25, -0.2) is 8.78 Å². The summed E-state index contributed by atoms with van der Waals surface area (Å²) in [6.45, 7) is 0. The zero-order valence-corrected chi connectivity index (χ0v) is 9.31. The van der Waals surface area contributed by atoms with Gasteiger partial charge in [0.1, 0.15) is 17.2 Å². The van der Waals surface area contributed by atoms with Crippen LogP contribution in [0.1, 0.15) is 0 Å². The number of halogens is 4. The van der Waals surface area contributed by atoms with Crippen molar-refractivity contribution in [3.05, 3.63) is 33.6 Å². The SMILES string of the molecule is Fc1cc(Br)cc(F)c1-c1nnc(Cl)o1. The Hall–Kier alpha value is -1.01. The van der Waals surface area contributed by atoms with Gasteiger partial charge in [0, 0.05) is 4.47 Å². The first-order valence-corrected chi connectivity index (χ1v) is 4.89. The lowest BCUT2D eigenvalue weighted by molar-refractivity contribution is 0.540. The van der Waals surface area contributed by atoms with Gasteiger partial charge in [-0.15, -0.1) is 5.10 Å². The molecule has 0 atom stereocenters. The first kappa shape index (κ1) is 10.5. The summed E-state index contributed by atoms with van der Waals surface area (Å²) in [7, 11) is 0. The maximum Gasteiger partial charge on any atom is 0.313 e. The molecule has 0 unspecified atom stereocenters. The third kappa shape index (κ3) is 2.00. The van der Waals surface area contributed by atoms with Gasteiger partial charge in [-0.05, 0) is 23.7 Å². The summed E-state index contributed by atoms with van der Waals surface area (Å²) in [4.78, 5) is 0. The molecule has 78 valence electrons. The van der Waals surface area contributed by atoms with Crippen molar-refractivity contribution >= 4 is 27.5 Å². The minimum atomic E-state index is -0.804. The molecule has 1 heterocycles. The predicted molar refractivity (Wildman–Crippen MR) is 52.4 cm³/mol. The number of hydrogen-bond acceptors (Lipinski definition) is 3. The van der Waals surface area contributed by atoms with Crippen LogP contribution >= 0.6 is 27.5 Å². The standard InChI is InChI=1S/C8H2BrClF2N2O/c9-3-1-4(11)6(5(12)2-3)7-13-14-8(10)15-7/h1-2H. The molecule has 2 rings (SSSR count). The fraction of sp³-hybridized carbons (Fsp3) is 0. The molecule has 1 aromatic carbocycles. The molecular formula is C8H2BrClF2N2O. The Labute approximate surface area is 96.2 Å². The summed E-state index contributed by atoms with van der Waals surface area (Å²) in [5.74, 6) is -1.90. The molecule has 0 saturated heterocycles. The molecule has 1 aromatic heterocycles. The number of benzene rings is 1. The molecule has 0 aliphatic heterocycles. The molecule has 0 saturated carbocycles. The van der Waals surface area contributed by atoms with Gasteiger partial charge in [0.25, 0.3) is 5.89 Å². The van der Waals surface area contributed by atoms with Gasteiger partial charge in [-0.2, -0.15) is 0 Å². The Morgan fingerprint density at radius 3 is 2.27 bits per heavy atom. The largest absolute Gasteiger partial charge is 0.407 e. The first-order chi connectivity index (χ1) is 7.08. The van der Waals surface area contributed by atoms with Gasteiger partial charge in [-0.3, -0.25) is 0 Å². The molecule has 0 spiro atoms. The second-order valence-corrected chi connectivity index (χ2v) is 3.84. The van der Waals surface area contributed by atoms with Crippen molar-refractivity contribution in [3.8, 4) is 11.5 Å². The molecule has 0 radical (unpaired) electrons. The van der Waals surface area contributed by atoms with E-state index in [1.807, 2.05) is 0 Å². The second-order valence-electron chi connectivity index (χ2n) is 2.60. The lowest BCUT2D eigenvalue weighted by Crippen LogP contribution is -1.90. The van der Waals surface area contributed by atoms with E-state index in [0.29, 0.717) is 0 Å². The molecule has 0 bridgehead atoms. The molecule has 7 heteroatoms. The van der Waals surface area contributed by atoms with Crippen molar-refractivity contribution in [2.75, 3.05) is 0 Å². The molecule has 3 nitrogen and oxygen atoms in total. The first-order valence-electron chi connectivity index (χ1n) is 3.72. The van der Waals surface area contributed by atoms with E-state index in [9.17, 15) is 8.78 Å². The lowest BCUT2D eigenvalue weighted by Gasteiger charge is -2.00. The zero-order valence-electron chi connectivity index (χ0n) is 6.97. The Bertz CT molecular complexity index is 494. The van der Waals surface area contributed by atoms with Gasteiger partial charge in [0.15, 0.2) is 0 Å². The van der Waals surface area contributed by atoms with E-state index in [-0.39, 0.29) is 15.7 Å². The van der Waals surface area contributed by atoms with Crippen molar-refractivity contribution in [3.63, 3.8) is 0 Å². The summed E-state index contributed by atoms with van der Waals surface area (Å²) < 4.78 is 31.7. The quantitative estimate of drug-likeness (QED) is 0.809. The highest BCUT2D eigenvalue weighted by Crippen LogP contribution is 2.28. The summed E-state index contributed by atoms with van der Waals surface area (Å²) in [6, 6.07) is 2.19. The van der Waals surface area contributed by atoms with Crippen LogP contribution < -0.4 is 0 Å². The summed E-state index contributed by atoms with van der Waals surface area (Å²) in [5.41, 5.74) is -0.391. The second kappa shape index (κ2) is 3.86. The van der Waals surface area contributed by atoms with Crippen molar-refractivity contribution in [1.29, 1.82) is 0 Å². The van der Waals surface area contributed by atoms with Crippen LogP contribution in [0, 0.1) is 11.6 Å². The average molecular weight is 295 g/mol. The van der Waals surface area contributed by atoms with Crippen molar-refractivity contribution in [2.45, 2.75) is 0 Å². The fourth-order valence-electron chi connectivity index (χ4n) is 1.05. The third-order valence-electron chi connectivity index (χ3n) is 1.62. The maximum atomic E-state index is 13.4. The van der Waals surface area contributed by atoms with Crippen LogP contribution in [0.2, 0.25) is 5.35 Å². The summed E-state index contributed by atoms with van der Waals surface area (Å²) in [5, 5.41) is 6.42. The number of hydrogen-bond donors (Lipinski definition) is 0. The highest BCUT2D eigenvalue weighted by atomic mass is 79.9. The van der Waals surface area contributed by atoms with E-state index >= 15 is 0 Å². The maximum absolute atomic E-state index is 13.4. The zero-order chi connectivity index (χ0) is 11.0. The Balaban J connectivity index is 2.62. The van der Waals surface area contributed by atoms with Crippen molar-refractivity contribution in [1.82, 2.24) is 10.2 Å². The van der Waals surface area contributed by atoms with Crippen LogP contribution in [-0.2, 0) is 0 Å². The molecule has 0 amide bonds. The molecule has 2 aromatic rings. The van der Waals surface area contributed by atoms with Crippen LogP contribution in [0.4, 0.5) is 8.78 Å². The predicted octanol–water partition coefficient (Wildman–Crippen LogP) is 3.43. The fourth-order valence-corrected chi connectivity index (χ4v) is 1.57. The van der Waals surface area contributed by atoms with Crippen molar-refractivity contribution in [2.24, 2.45) is 0 Å². The monoisotopic (exact) mass is 294 g/mol. The van der Waals surface area contributed by atoms with Crippen LogP contribution in [-0.4, -0.2) is 10.2 Å². The van der Waals surface area contributed by atoms with Gasteiger partial charge in [0.2, 0.25) is 0 Å². The smallest absolute Gasteiger partial charge is 0.313 e. The Morgan fingerprint density at radius 2 is 1.80 bits per heavy atom. The lowest BCUT2D eigenvalue weighted by atomic mass is 10.2. The highest BCUT2D eigenvalue weighted by Gasteiger charge is 2.18. The highest BCUT2D eigenvalue weighted by molar-refractivity contribution is 9.10. The van der Waals surface area contributed by atoms with Gasteiger partial charge >= 0.3 is 5.35 Å². The Kier molecular flexibility index (Phi) is 2.70. The van der Waals surface area contributed by atoms with Crippen LogP contribution in [0.5, 0.6) is 0 Å². The minimum Gasteiger partial charge on any atom is -0.407 e. The van der Waals surface area contributed by atoms with Gasteiger partial charge in [-0.1, -0.05) is 21.0 Å². The van der Waals surface area contributed by atoms with Crippen LogP contribution in [0.3, 0.4) is 0 Å². The molecular weight excluding hydrogens is 293 g/mol. The number of nitrogens with zero attached hydrogens (tertiary/aromatic N) is 2. The minimum absolute atomic E-state index is 0.272. The van der Waals surface area contributed by atoms with E-state index in [2.05, 4.69) is 26.1 Å². The summed E-state index contributed by atoms with van der Waals surface area (Å²) in [6.07, 6.45) is 0. The molecule has 0 aliphatic carbocycles. The van der Waals surface area contributed by atoms with E-state index < -0.39 is 17.2 Å². The van der Waals surface area contributed by atoms with Crippen LogP contribution in [0.15, 0.2) is 21.0 Å². The topological polar surface area (TPSA) is 38.9 Å². The van der Waals surface area contributed by atoms with E-state index in [4.69, 9.17) is 16.0 Å². The average Bonchev–Trinajstić information content (AvgIpc) is 2.49.